The molecule has 136 valence electrons. The molecule has 0 spiro atoms. The number of thioether (sulfide) groups is 1. The van der Waals surface area contributed by atoms with E-state index in [1.165, 1.54) is 11.8 Å². The Morgan fingerprint density at radius 3 is 2.56 bits per heavy atom. The normalized spacial score (nSPS) is 14.8. The van der Waals surface area contributed by atoms with Crippen LogP contribution in [0.4, 0.5) is 0 Å². The van der Waals surface area contributed by atoms with E-state index in [9.17, 15) is 14.4 Å². The molecule has 6 nitrogen and oxygen atoms in total. The van der Waals surface area contributed by atoms with E-state index >= 15 is 0 Å². The van der Waals surface area contributed by atoms with Gasteiger partial charge in [-0.15, -0.1) is 11.8 Å². The molecule has 0 atom stereocenters. The maximum Gasteiger partial charge on any atom is 0.257 e. The van der Waals surface area contributed by atoms with Crippen LogP contribution in [0, 0.1) is 0 Å². The summed E-state index contributed by atoms with van der Waals surface area (Å²) in [5, 5.41) is 0.674. The minimum Gasteiger partial charge on any atom is -0.333 e. The number of carbonyl (C=O) groups is 3. The maximum atomic E-state index is 11.9. The number of halogens is 1. The molecule has 1 aliphatic rings. The van der Waals surface area contributed by atoms with Crippen LogP contribution in [0.2, 0.25) is 5.02 Å². The van der Waals surface area contributed by atoms with Crippen molar-refractivity contribution < 1.29 is 14.4 Å². The Morgan fingerprint density at radius 1 is 1.08 bits per heavy atom. The lowest BCUT2D eigenvalue weighted by molar-refractivity contribution is -0.136. The van der Waals surface area contributed by atoms with E-state index in [0.717, 1.165) is 24.2 Å². The highest BCUT2D eigenvalue weighted by Gasteiger charge is 2.19. The number of amides is 3. The van der Waals surface area contributed by atoms with Crippen LogP contribution in [-0.4, -0.2) is 41.5 Å². The molecule has 1 saturated heterocycles. The van der Waals surface area contributed by atoms with Crippen LogP contribution in [0.25, 0.3) is 0 Å². The highest BCUT2D eigenvalue weighted by molar-refractivity contribution is 7.99. The first kappa shape index (κ1) is 19.6. The molecule has 1 aromatic rings. The second-order valence-corrected chi connectivity index (χ2v) is 7.38. The summed E-state index contributed by atoms with van der Waals surface area (Å²) in [5.41, 5.74) is 4.75. The van der Waals surface area contributed by atoms with Gasteiger partial charge in [0, 0.05) is 35.1 Å². The molecular formula is C17H22ClN3O3S. The van der Waals surface area contributed by atoms with Crippen molar-refractivity contribution in [1.29, 1.82) is 0 Å². The quantitative estimate of drug-likeness (QED) is 0.584. The van der Waals surface area contributed by atoms with Gasteiger partial charge in [0.15, 0.2) is 0 Å². The number of benzene rings is 1. The number of carbonyl (C=O) groups excluding carboxylic acids is 3. The Balaban J connectivity index is 1.62. The number of hydrazine groups is 1. The summed E-state index contributed by atoms with van der Waals surface area (Å²) in [4.78, 5) is 38.0. The van der Waals surface area contributed by atoms with E-state index < -0.39 is 0 Å². The van der Waals surface area contributed by atoms with E-state index in [1.807, 2.05) is 12.1 Å². The molecule has 0 radical (unpaired) electrons. The van der Waals surface area contributed by atoms with E-state index in [0.29, 0.717) is 23.7 Å². The van der Waals surface area contributed by atoms with Gasteiger partial charge in [0.2, 0.25) is 11.8 Å². The molecule has 0 aromatic heterocycles. The van der Waals surface area contributed by atoms with Crippen molar-refractivity contribution in [2.24, 2.45) is 0 Å². The Labute approximate surface area is 156 Å². The molecule has 1 aliphatic heterocycles. The van der Waals surface area contributed by atoms with E-state index in [4.69, 9.17) is 11.6 Å². The van der Waals surface area contributed by atoms with Crippen LogP contribution in [0.15, 0.2) is 29.2 Å². The highest BCUT2D eigenvalue weighted by Crippen LogP contribution is 2.20. The lowest BCUT2D eigenvalue weighted by Gasteiger charge is -2.19. The first-order chi connectivity index (χ1) is 12.0. The number of hydrogen-bond donors (Lipinski definition) is 2. The summed E-state index contributed by atoms with van der Waals surface area (Å²) in [5.74, 6) is -0.0576. The molecule has 0 saturated carbocycles. The third kappa shape index (κ3) is 7.36. The molecule has 1 aromatic carbocycles. The standard InChI is InChI=1S/C17H22ClN3O3S/c18-13-5-7-14(8-6-13)25-11-9-15(22)19-20-16(23)12-21-10-3-1-2-4-17(21)24/h5-8H,1-4,9-12H2,(H,19,22)(H,20,23). The van der Waals surface area contributed by atoms with Gasteiger partial charge in [0.1, 0.15) is 6.54 Å². The molecule has 25 heavy (non-hydrogen) atoms. The van der Waals surface area contributed by atoms with Crippen molar-refractivity contribution in [3.63, 3.8) is 0 Å². The summed E-state index contributed by atoms with van der Waals surface area (Å²) >= 11 is 7.35. The molecule has 2 N–H and O–H groups in total. The van der Waals surface area contributed by atoms with E-state index in [1.54, 1.807) is 17.0 Å². The van der Waals surface area contributed by atoms with Gasteiger partial charge in [0.25, 0.3) is 5.91 Å². The maximum absolute atomic E-state index is 11.9. The topological polar surface area (TPSA) is 78.5 Å². The number of nitrogens with zero attached hydrogens (tertiary/aromatic N) is 1. The Hall–Kier alpha value is -1.73. The van der Waals surface area contributed by atoms with Crippen molar-refractivity contribution in [2.45, 2.75) is 37.0 Å². The largest absolute Gasteiger partial charge is 0.333 e. The van der Waals surface area contributed by atoms with Gasteiger partial charge in [0.05, 0.1) is 0 Å². The molecule has 0 aliphatic carbocycles. The third-order valence-corrected chi connectivity index (χ3v) is 5.02. The fraction of sp³-hybridized carbons (Fsp3) is 0.471. The van der Waals surface area contributed by atoms with Crippen LogP contribution < -0.4 is 10.9 Å². The van der Waals surface area contributed by atoms with Crippen molar-refractivity contribution in [3.05, 3.63) is 29.3 Å². The smallest absolute Gasteiger partial charge is 0.257 e. The molecule has 3 amide bonds. The SMILES string of the molecule is O=C(CCSc1ccc(Cl)cc1)NNC(=O)CN1CCCCCC1=O. The van der Waals surface area contributed by atoms with Gasteiger partial charge < -0.3 is 4.90 Å². The summed E-state index contributed by atoms with van der Waals surface area (Å²) in [6.45, 7) is 0.580. The van der Waals surface area contributed by atoms with Crippen LogP contribution in [0.1, 0.15) is 32.1 Å². The number of nitrogens with one attached hydrogen (secondary N) is 2. The molecule has 0 unspecified atom stereocenters. The van der Waals surface area contributed by atoms with Crippen molar-refractivity contribution in [1.82, 2.24) is 15.8 Å². The predicted molar refractivity (Wildman–Crippen MR) is 98.1 cm³/mol. The van der Waals surface area contributed by atoms with Crippen molar-refractivity contribution >= 4 is 41.1 Å². The van der Waals surface area contributed by atoms with Crippen LogP contribution in [0.5, 0.6) is 0 Å². The third-order valence-electron chi connectivity index (χ3n) is 3.76. The zero-order valence-electron chi connectivity index (χ0n) is 13.9. The minimum absolute atomic E-state index is 0.00154. The van der Waals surface area contributed by atoms with Crippen LogP contribution >= 0.6 is 23.4 Å². The molecular weight excluding hydrogens is 362 g/mol. The number of likely N-dealkylation sites (tertiary alicyclic amines) is 1. The van der Waals surface area contributed by atoms with Gasteiger partial charge in [-0.3, -0.25) is 25.2 Å². The predicted octanol–water partition coefficient (Wildman–Crippen LogP) is 2.37. The zero-order valence-corrected chi connectivity index (χ0v) is 15.5. The minimum atomic E-state index is -0.381. The molecule has 1 fully saturated rings. The van der Waals surface area contributed by atoms with Gasteiger partial charge in [-0.05, 0) is 37.1 Å². The Bertz CT molecular complexity index is 610. The zero-order chi connectivity index (χ0) is 18.1. The second kappa shape index (κ2) is 10.3. The molecule has 8 heteroatoms. The Morgan fingerprint density at radius 2 is 1.80 bits per heavy atom. The van der Waals surface area contributed by atoms with Crippen molar-refractivity contribution in [2.75, 3.05) is 18.8 Å². The second-order valence-electron chi connectivity index (χ2n) is 5.77. The van der Waals surface area contributed by atoms with E-state index in [-0.39, 0.29) is 30.7 Å². The van der Waals surface area contributed by atoms with Gasteiger partial charge >= 0.3 is 0 Å². The van der Waals surface area contributed by atoms with Crippen molar-refractivity contribution in [3.8, 4) is 0 Å². The number of hydrogen-bond acceptors (Lipinski definition) is 4. The van der Waals surface area contributed by atoms with Gasteiger partial charge in [-0.1, -0.05) is 18.0 Å². The summed E-state index contributed by atoms with van der Waals surface area (Å²) in [7, 11) is 0. The molecule has 0 bridgehead atoms. The monoisotopic (exact) mass is 383 g/mol. The fourth-order valence-corrected chi connectivity index (χ4v) is 3.39. The lowest BCUT2D eigenvalue weighted by Crippen LogP contribution is -2.47. The average molecular weight is 384 g/mol. The highest BCUT2D eigenvalue weighted by atomic mass is 35.5. The number of rotatable bonds is 6. The summed E-state index contributed by atoms with van der Waals surface area (Å²) in [6, 6.07) is 7.39. The van der Waals surface area contributed by atoms with Crippen LogP contribution in [0.3, 0.4) is 0 Å². The van der Waals surface area contributed by atoms with E-state index in [2.05, 4.69) is 10.9 Å². The summed E-state index contributed by atoms with van der Waals surface area (Å²) in [6.07, 6.45) is 3.55. The van der Waals surface area contributed by atoms with Gasteiger partial charge in [-0.25, -0.2) is 0 Å². The average Bonchev–Trinajstić information content (AvgIpc) is 2.79. The molecule has 2 rings (SSSR count). The molecule has 1 heterocycles. The Kier molecular flexibility index (Phi) is 8.08. The lowest BCUT2D eigenvalue weighted by atomic mass is 10.2. The first-order valence-corrected chi connectivity index (χ1v) is 9.65. The van der Waals surface area contributed by atoms with Crippen LogP contribution in [-0.2, 0) is 14.4 Å². The van der Waals surface area contributed by atoms with Gasteiger partial charge in [-0.2, -0.15) is 0 Å². The first-order valence-electron chi connectivity index (χ1n) is 8.28. The summed E-state index contributed by atoms with van der Waals surface area (Å²) < 4.78 is 0. The fourth-order valence-electron chi connectivity index (χ4n) is 2.41.